The largest absolute Gasteiger partial charge is 0.365 e. The number of carbonyl (C=O) groups excluding carboxylic acids is 1. The average Bonchev–Trinajstić information content (AvgIpc) is 3.32. The highest BCUT2D eigenvalue weighted by atomic mass is 32.1. The Morgan fingerprint density at radius 3 is 2.86 bits per heavy atom. The molecule has 140 valence electrons. The smallest absolute Gasteiger partial charge is 0.259 e. The molecule has 1 unspecified atom stereocenters. The van der Waals surface area contributed by atoms with E-state index in [4.69, 9.17) is 5.73 Å². The van der Waals surface area contributed by atoms with Crippen molar-refractivity contribution < 1.29 is 4.79 Å². The lowest BCUT2D eigenvalue weighted by Gasteiger charge is -2.17. The second-order valence-corrected chi connectivity index (χ2v) is 8.27. The number of para-hydroxylation sites is 1. The Labute approximate surface area is 166 Å². The van der Waals surface area contributed by atoms with Gasteiger partial charge in [0.2, 0.25) is 0 Å². The van der Waals surface area contributed by atoms with Gasteiger partial charge in [-0.2, -0.15) is 0 Å². The first-order chi connectivity index (χ1) is 13.7. The molecule has 0 spiro atoms. The summed E-state index contributed by atoms with van der Waals surface area (Å²) in [6, 6.07) is 14.4. The summed E-state index contributed by atoms with van der Waals surface area (Å²) in [5, 5.41) is 2.28. The molecule has 0 radical (unpaired) electrons. The van der Waals surface area contributed by atoms with Crippen LogP contribution in [0.5, 0.6) is 0 Å². The van der Waals surface area contributed by atoms with E-state index in [1.165, 1.54) is 22.3 Å². The number of carbonyl (C=O) groups is 1. The maximum atomic E-state index is 12.1. The van der Waals surface area contributed by atoms with Gasteiger partial charge in [0, 0.05) is 42.2 Å². The minimum atomic E-state index is -0.350. The van der Waals surface area contributed by atoms with Gasteiger partial charge >= 0.3 is 0 Å². The minimum Gasteiger partial charge on any atom is -0.365 e. The van der Waals surface area contributed by atoms with Crippen LogP contribution in [0.3, 0.4) is 0 Å². The number of pyridine rings is 2. The van der Waals surface area contributed by atoms with E-state index in [0.29, 0.717) is 10.8 Å². The van der Waals surface area contributed by atoms with Crippen molar-refractivity contribution in [2.24, 2.45) is 5.73 Å². The maximum absolute atomic E-state index is 12.1. The van der Waals surface area contributed by atoms with Gasteiger partial charge in [-0.05, 0) is 42.3 Å². The molecular weight excluding hydrogens is 368 g/mol. The summed E-state index contributed by atoms with van der Waals surface area (Å²) in [5.41, 5.74) is 9.09. The first-order valence-corrected chi connectivity index (χ1v) is 10.2. The van der Waals surface area contributed by atoms with E-state index in [0.717, 1.165) is 47.4 Å². The lowest BCUT2D eigenvalue weighted by molar-refractivity contribution is 0.100. The van der Waals surface area contributed by atoms with E-state index in [1.54, 1.807) is 6.20 Å². The molecule has 28 heavy (non-hydrogen) atoms. The molecule has 1 aliphatic rings. The molecule has 1 saturated heterocycles. The number of fused-ring (bicyclic) bond motifs is 2. The molecule has 1 fully saturated rings. The van der Waals surface area contributed by atoms with Gasteiger partial charge in [0.15, 0.2) is 0 Å². The SMILES string of the molecule is NC(=O)c1sc2ncccc2c1C1CCN(Cc2ccnc3ccccc23)C1. The van der Waals surface area contributed by atoms with Crippen LogP contribution in [0.25, 0.3) is 21.1 Å². The van der Waals surface area contributed by atoms with Gasteiger partial charge in [-0.15, -0.1) is 11.3 Å². The molecule has 1 aromatic carbocycles. The summed E-state index contributed by atoms with van der Waals surface area (Å²) >= 11 is 1.41. The topological polar surface area (TPSA) is 72.1 Å². The molecule has 2 N–H and O–H groups in total. The molecule has 1 aliphatic heterocycles. The third kappa shape index (κ3) is 2.95. The van der Waals surface area contributed by atoms with Crippen LogP contribution in [0, 0.1) is 0 Å². The van der Waals surface area contributed by atoms with Crippen LogP contribution in [-0.2, 0) is 6.54 Å². The number of aromatic nitrogens is 2. The number of rotatable bonds is 4. The molecule has 5 rings (SSSR count). The summed E-state index contributed by atoms with van der Waals surface area (Å²) in [6.07, 6.45) is 4.67. The maximum Gasteiger partial charge on any atom is 0.259 e. The number of likely N-dealkylation sites (tertiary alicyclic amines) is 1. The molecule has 3 aromatic heterocycles. The van der Waals surface area contributed by atoms with Crippen molar-refractivity contribution >= 4 is 38.4 Å². The zero-order valence-corrected chi connectivity index (χ0v) is 16.2. The number of hydrogen-bond acceptors (Lipinski definition) is 5. The Bertz CT molecular complexity index is 1180. The third-order valence-corrected chi connectivity index (χ3v) is 6.69. The molecular formula is C22H20N4OS. The lowest BCUT2D eigenvalue weighted by Crippen LogP contribution is -2.20. The molecule has 4 heterocycles. The van der Waals surface area contributed by atoms with Crippen LogP contribution in [0.1, 0.15) is 33.1 Å². The van der Waals surface area contributed by atoms with E-state index in [-0.39, 0.29) is 5.91 Å². The van der Waals surface area contributed by atoms with Crippen molar-refractivity contribution in [3.05, 3.63) is 70.9 Å². The summed E-state index contributed by atoms with van der Waals surface area (Å²) < 4.78 is 0. The second-order valence-electron chi connectivity index (χ2n) is 7.27. The Morgan fingerprint density at radius 1 is 1.11 bits per heavy atom. The first kappa shape index (κ1) is 17.3. The summed E-state index contributed by atoms with van der Waals surface area (Å²) in [7, 11) is 0. The van der Waals surface area contributed by atoms with Gasteiger partial charge in [0.05, 0.1) is 10.4 Å². The number of primary amides is 1. The number of nitrogens with zero attached hydrogens (tertiary/aromatic N) is 3. The van der Waals surface area contributed by atoms with E-state index in [2.05, 4.69) is 45.2 Å². The van der Waals surface area contributed by atoms with Crippen molar-refractivity contribution in [3.63, 3.8) is 0 Å². The van der Waals surface area contributed by atoms with Gasteiger partial charge in [0.1, 0.15) is 4.83 Å². The fraction of sp³-hybridized carbons (Fsp3) is 0.227. The van der Waals surface area contributed by atoms with Crippen LogP contribution >= 0.6 is 11.3 Å². The van der Waals surface area contributed by atoms with Crippen molar-refractivity contribution in [3.8, 4) is 0 Å². The fourth-order valence-electron chi connectivity index (χ4n) is 4.29. The summed E-state index contributed by atoms with van der Waals surface area (Å²) in [5.74, 6) is -0.0508. The Morgan fingerprint density at radius 2 is 1.96 bits per heavy atom. The summed E-state index contributed by atoms with van der Waals surface area (Å²) in [6.45, 7) is 2.79. The zero-order valence-electron chi connectivity index (χ0n) is 15.3. The van der Waals surface area contributed by atoms with Crippen LogP contribution in [0.4, 0.5) is 0 Å². The number of hydrogen-bond donors (Lipinski definition) is 1. The zero-order chi connectivity index (χ0) is 19.1. The number of thiophene rings is 1. The van der Waals surface area contributed by atoms with E-state index >= 15 is 0 Å². The predicted molar refractivity (Wildman–Crippen MR) is 113 cm³/mol. The number of nitrogens with two attached hydrogens (primary N) is 1. The van der Waals surface area contributed by atoms with Crippen LogP contribution in [0.15, 0.2) is 54.9 Å². The molecule has 0 aliphatic carbocycles. The third-order valence-electron chi connectivity index (χ3n) is 5.54. The molecule has 6 heteroatoms. The van der Waals surface area contributed by atoms with Crippen LogP contribution < -0.4 is 5.73 Å². The molecule has 0 bridgehead atoms. The molecule has 1 atom stereocenters. The Kier molecular flexibility index (Phi) is 4.30. The molecule has 5 nitrogen and oxygen atoms in total. The predicted octanol–water partition coefficient (Wildman–Crippen LogP) is 3.93. The highest BCUT2D eigenvalue weighted by molar-refractivity contribution is 7.20. The first-order valence-electron chi connectivity index (χ1n) is 9.43. The van der Waals surface area contributed by atoms with Crippen molar-refractivity contribution in [1.29, 1.82) is 0 Å². The lowest BCUT2D eigenvalue weighted by atomic mass is 9.95. The number of benzene rings is 1. The highest BCUT2D eigenvalue weighted by Crippen LogP contribution is 2.39. The highest BCUT2D eigenvalue weighted by Gasteiger charge is 2.30. The van der Waals surface area contributed by atoms with E-state index < -0.39 is 0 Å². The molecule has 1 amide bonds. The van der Waals surface area contributed by atoms with E-state index in [9.17, 15) is 4.79 Å². The Hall–Kier alpha value is -2.83. The normalized spacial score (nSPS) is 17.5. The fourth-order valence-corrected chi connectivity index (χ4v) is 5.37. The van der Waals surface area contributed by atoms with Crippen LogP contribution in [0.2, 0.25) is 0 Å². The number of amides is 1. The standard InChI is InChI=1S/C22H20N4OS/c23-21(27)20-19(17-5-3-9-25-22(17)28-20)15-8-11-26(13-15)12-14-7-10-24-18-6-2-1-4-16(14)18/h1-7,9-10,15H,8,11-13H2,(H2,23,27). The van der Waals surface area contributed by atoms with Gasteiger partial charge in [-0.1, -0.05) is 24.3 Å². The summed E-state index contributed by atoms with van der Waals surface area (Å²) in [4.78, 5) is 25.0. The molecule has 0 saturated carbocycles. The van der Waals surface area contributed by atoms with Gasteiger partial charge < -0.3 is 5.73 Å². The monoisotopic (exact) mass is 388 g/mol. The minimum absolute atomic E-state index is 0.300. The Balaban J connectivity index is 1.44. The van der Waals surface area contributed by atoms with E-state index in [1.807, 2.05) is 18.3 Å². The van der Waals surface area contributed by atoms with Gasteiger partial charge in [-0.25, -0.2) is 4.98 Å². The molecule has 4 aromatic rings. The average molecular weight is 388 g/mol. The van der Waals surface area contributed by atoms with Gasteiger partial charge in [-0.3, -0.25) is 14.7 Å². The quantitative estimate of drug-likeness (QED) is 0.575. The second kappa shape index (κ2) is 6.96. The van der Waals surface area contributed by atoms with Gasteiger partial charge in [0.25, 0.3) is 5.91 Å². The van der Waals surface area contributed by atoms with Crippen LogP contribution in [-0.4, -0.2) is 33.9 Å². The van der Waals surface area contributed by atoms with Crippen molar-refractivity contribution in [2.75, 3.05) is 13.1 Å². The van der Waals surface area contributed by atoms with Crippen molar-refractivity contribution in [2.45, 2.75) is 18.9 Å². The van der Waals surface area contributed by atoms with Crippen molar-refractivity contribution in [1.82, 2.24) is 14.9 Å².